The van der Waals surface area contributed by atoms with Crippen LogP contribution in [0, 0.1) is 0 Å². The zero-order valence-corrected chi connectivity index (χ0v) is 11.0. The van der Waals surface area contributed by atoms with Gasteiger partial charge in [-0.15, -0.1) is 0 Å². The van der Waals surface area contributed by atoms with Crippen molar-refractivity contribution >= 4 is 22.7 Å². The second-order valence-corrected chi connectivity index (χ2v) is 5.66. The molecule has 5 heteroatoms. The Morgan fingerprint density at radius 1 is 1.35 bits per heavy atom. The first-order chi connectivity index (χ1) is 9.66. The molecule has 104 valence electrons. The van der Waals surface area contributed by atoms with Crippen molar-refractivity contribution in [2.45, 2.75) is 24.9 Å². The highest BCUT2D eigenvalue weighted by atomic mass is 16.4. The Labute approximate surface area is 115 Å². The molecule has 0 spiro atoms. The third-order valence-electron chi connectivity index (χ3n) is 4.63. The monoisotopic (exact) mass is 272 g/mol. The van der Waals surface area contributed by atoms with Crippen LogP contribution in [0.1, 0.15) is 36.0 Å². The van der Waals surface area contributed by atoms with Gasteiger partial charge in [0, 0.05) is 29.6 Å². The van der Waals surface area contributed by atoms with Crippen LogP contribution in [0.3, 0.4) is 0 Å². The Hall–Kier alpha value is -2.01. The number of nitrogens with one attached hydrogen (secondary N) is 1. The molecule has 1 unspecified atom stereocenters. The first kappa shape index (κ1) is 11.8. The molecule has 2 bridgehead atoms. The number of hydrogen-bond acceptors (Lipinski definition) is 3. The number of piperidine rings is 1. The van der Waals surface area contributed by atoms with Crippen LogP contribution in [0.5, 0.6) is 0 Å². The van der Waals surface area contributed by atoms with Gasteiger partial charge in [0.2, 0.25) is 0 Å². The highest BCUT2D eigenvalue weighted by Crippen LogP contribution is 2.46. The van der Waals surface area contributed by atoms with Crippen molar-refractivity contribution in [3.05, 3.63) is 29.3 Å². The van der Waals surface area contributed by atoms with Gasteiger partial charge in [-0.1, -0.05) is 18.2 Å². The third-order valence-corrected chi connectivity index (χ3v) is 4.63. The number of fused-ring (bicyclic) bond motifs is 3. The number of aromatic amines is 1. The number of carbonyl (C=O) groups is 1. The van der Waals surface area contributed by atoms with Gasteiger partial charge in [-0.3, -0.25) is 0 Å². The van der Waals surface area contributed by atoms with Crippen LogP contribution in [0.15, 0.2) is 18.2 Å². The van der Waals surface area contributed by atoms with Crippen LogP contribution in [-0.2, 0) is 4.79 Å². The number of para-hydroxylation sites is 1. The van der Waals surface area contributed by atoms with Gasteiger partial charge < -0.3 is 20.1 Å². The average molecular weight is 272 g/mol. The van der Waals surface area contributed by atoms with Gasteiger partial charge in [-0.05, 0) is 18.8 Å². The van der Waals surface area contributed by atoms with E-state index >= 15 is 0 Å². The number of aliphatic carboxylic acids is 1. The molecule has 1 saturated heterocycles. The number of rotatable bonds is 2. The highest BCUT2D eigenvalue weighted by molar-refractivity contribution is 5.95. The molecule has 2 aromatic rings. The van der Waals surface area contributed by atoms with E-state index in [0.29, 0.717) is 11.5 Å². The maximum atomic E-state index is 11.1. The Balaban J connectivity index is 1.98. The van der Waals surface area contributed by atoms with Gasteiger partial charge >= 0.3 is 5.97 Å². The number of benzene rings is 1. The van der Waals surface area contributed by atoms with Crippen LogP contribution < -0.4 is 4.90 Å². The van der Waals surface area contributed by atoms with Crippen LogP contribution in [0.2, 0.25) is 0 Å². The predicted molar refractivity (Wildman–Crippen MR) is 75.1 cm³/mol. The fourth-order valence-electron chi connectivity index (χ4n) is 3.66. The van der Waals surface area contributed by atoms with Crippen molar-refractivity contribution in [3.63, 3.8) is 0 Å². The van der Waals surface area contributed by atoms with Gasteiger partial charge in [-0.25, -0.2) is 4.79 Å². The van der Waals surface area contributed by atoms with Crippen LogP contribution in [0.25, 0.3) is 10.9 Å². The SMILES string of the molecule is O=C(O)C(O)c1cccc2c3c([nH]c12)N1CCC3CC1. The molecule has 1 atom stereocenters. The van der Waals surface area contributed by atoms with Crippen molar-refractivity contribution in [3.8, 4) is 0 Å². The number of aliphatic hydroxyl groups excluding tert-OH is 1. The molecule has 0 amide bonds. The molecule has 0 aliphatic carbocycles. The molecule has 20 heavy (non-hydrogen) atoms. The Bertz CT molecular complexity index is 698. The van der Waals surface area contributed by atoms with E-state index < -0.39 is 12.1 Å². The molecule has 4 heterocycles. The summed E-state index contributed by atoms with van der Waals surface area (Å²) in [7, 11) is 0. The molecule has 0 radical (unpaired) electrons. The summed E-state index contributed by atoms with van der Waals surface area (Å²) in [5.74, 6) is 0.460. The van der Waals surface area contributed by atoms with Gasteiger partial charge in [-0.2, -0.15) is 0 Å². The van der Waals surface area contributed by atoms with Crippen LogP contribution in [-0.4, -0.2) is 34.3 Å². The third kappa shape index (κ3) is 1.44. The van der Waals surface area contributed by atoms with E-state index in [1.165, 1.54) is 5.56 Å². The molecule has 1 aromatic carbocycles. The molecule has 1 fully saturated rings. The normalized spacial score (nSPS) is 19.4. The smallest absolute Gasteiger partial charge is 0.337 e. The summed E-state index contributed by atoms with van der Waals surface area (Å²) < 4.78 is 0. The lowest BCUT2D eigenvalue weighted by Gasteiger charge is -2.40. The first-order valence-corrected chi connectivity index (χ1v) is 6.97. The lowest BCUT2D eigenvalue weighted by Crippen LogP contribution is -2.38. The summed E-state index contributed by atoms with van der Waals surface area (Å²) >= 11 is 0. The van der Waals surface area contributed by atoms with E-state index in [4.69, 9.17) is 5.11 Å². The summed E-state index contributed by atoms with van der Waals surface area (Å²) in [6.45, 7) is 2.11. The molecule has 1 aromatic heterocycles. The van der Waals surface area contributed by atoms with E-state index in [0.717, 1.165) is 42.7 Å². The second kappa shape index (κ2) is 3.99. The van der Waals surface area contributed by atoms with Gasteiger partial charge in [0.15, 0.2) is 6.10 Å². The highest BCUT2D eigenvalue weighted by Gasteiger charge is 2.34. The Morgan fingerprint density at radius 2 is 2.10 bits per heavy atom. The Morgan fingerprint density at radius 3 is 2.80 bits per heavy atom. The van der Waals surface area contributed by atoms with Crippen molar-refractivity contribution < 1.29 is 15.0 Å². The number of nitrogens with zero attached hydrogens (tertiary/aromatic N) is 1. The molecule has 5 rings (SSSR count). The zero-order valence-electron chi connectivity index (χ0n) is 11.0. The molecule has 3 aliphatic rings. The van der Waals surface area contributed by atoms with Crippen molar-refractivity contribution in [1.82, 2.24) is 4.98 Å². The maximum Gasteiger partial charge on any atom is 0.337 e. The number of anilines is 1. The van der Waals surface area contributed by atoms with Gasteiger partial charge in [0.1, 0.15) is 5.82 Å². The quantitative estimate of drug-likeness (QED) is 0.781. The minimum absolute atomic E-state index is 0.449. The Kier molecular flexibility index (Phi) is 2.35. The van der Waals surface area contributed by atoms with Crippen LogP contribution >= 0.6 is 0 Å². The van der Waals surface area contributed by atoms with Crippen molar-refractivity contribution in [2.75, 3.05) is 18.0 Å². The summed E-state index contributed by atoms with van der Waals surface area (Å²) in [4.78, 5) is 16.7. The average Bonchev–Trinajstić information content (AvgIpc) is 2.89. The lowest BCUT2D eigenvalue weighted by atomic mass is 9.84. The minimum Gasteiger partial charge on any atom is -0.479 e. The van der Waals surface area contributed by atoms with Crippen molar-refractivity contribution in [1.29, 1.82) is 0 Å². The minimum atomic E-state index is -1.48. The molecule has 5 nitrogen and oxygen atoms in total. The second-order valence-electron chi connectivity index (χ2n) is 5.66. The predicted octanol–water partition coefficient (Wildman–Crippen LogP) is 1.98. The molecule has 3 aliphatic heterocycles. The number of carboxylic acids is 1. The fourth-order valence-corrected chi connectivity index (χ4v) is 3.66. The van der Waals surface area contributed by atoms with Gasteiger partial charge in [0.25, 0.3) is 0 Å². The van der Waals surface area contributed by atoms with E-state index in [-0.39, 0.29) is 0 Å². The van der Waals surface area contributed by atoms with E-state index in [2.05, 4.69) is 9.88 Å². The first-order valence-electron chi connectivity index (χ1n) is 6.97. The summed E-state index contributed by atoms with van der Waals surface area (Å²) in [5.41, 5.74) is 2.52. The molecular formula is C15H16N2O3. The molecule has 0 saturated carbocycles. The number of aromatic nitrogens is 1. The topological polar surface area (TPSA) is 76.6 Å². The largest absolute Gasteiger partial charge is 0.479 e. The van der Waals surface area contributed by atoms with Gasteiger partial charge in [0.05, 0.1) is 5.52 Å². The van der Waals surface area contributed by atoms with E-state index in [9.17, 15) is 9.90 Å². The number of H-pyrrole nitrogens is 1. The number of hydrogen-bond donors (Lipinski definition) is 3. The lowest BCUT2D eigenvalue weighted by molar-refractivity contribution is -0.146. The zero-order chi connectivity index (χ0) is 13.9. The van der Waals surface area contributed by atoms with E-state index in [1.807, 2.05) is 12.1 Å². The summed E-state index contributed by atoms with van der Waals surface area (Å²) in [5, 5.41) is 20.0. The summed E-state index contributed by atoms with van der Waals surface area (Å²) in [6.07, 6.45) is 0.837. The number of aliphatic hydroxyl groups is 1. The fraction of sp³-hybridized carbons (Fsp3) is 0.400. The molecule has 3 N–H and O–H groups in total. The standard InChI is InChI=1S/C15H16N2O3/c18-13(15(19)20)10-3-1-2-9-11-8-4-6-17(7-5-8)14(11)16-12(9)10/h1-3,8,13,16,18H,4-7H2,(H,19,20). The summed E-state index contributed by atoms with van der Waals surface area (Å²) in [6, 6.07) is 5.53. The maximum absolute atomic E-state index is 11.1. The van der Waals surface area contributed by atoms with E-state index in [1.54, 1.807) is 6.07 Å². The van der Waals surface area contributed by atoms with Crippen LogP contribution in [0.4, 0.5) is 5.82 Å². The molecular weight excluding hydrogens is 256 g/mol. The van der Waals surface area contributed by atoms with Crippen molar-refractivity contribution in [2.24, 2.45) is 0 Å². The number of carboxylic acid groups (broad SMARTS) is 1.